The average molecular weight is 539 g/mol. The molecule has 0 aromatic rings. The smallest absolute Gasteiger partial charge is 0.191 e. The number of morpholine rings is 1. The fourth-order valence-corrected chi connectivity index (χ4v) is 4.10. The van der Waals surface area contributed by atoms with E-state index in [-0.39, 0.29) is 24.0 Å². The van der Waals surface area contributed by atoms with Crippen LogP contribution in [0.2, 0.25) is 0 Å². The summed E-state index contributed by atoms with van der Waals surface area (Å²) in [6.07, 6.45) is 3.63. The number of hydrogen-bond acceptors (Lipinski definition) is 5. The summed E-state index contributed by atoms with van der Waals surface area (Å²) in [5, 5.41) is 6.97. The molecular weight excluding hydrogens is 491 g/mol. The second-order valence-electron chi connectivity index (χ2n) is 8.93. The molecule has 2 fully saturated rings. The molecule has 30 heavy (non-hydrogen) atoms. The van der Waals surface area contributed by atoms with Crippen LogP contribution in [0.25, 0.3) is 0 Å². The van der Waals surface area contributed by atoms with Crippen LogP contribution < -0.4 is 10.6 Å². The molecule has 0 saturated carbocycles. The lowest BCUT2D eigenvalue weighted by atomic mass is 10.0. The Kier molecular flexibility index (Phi) is 15.3. The van der Waals surface area contributed by atoms with Crippen molar-refractivity contribution in [3.05, 3.63) is 0 Å². The summed E-state index contributed by atoms with van der Waals surface area (Å²) in [6, 6.07) is 0.506. The number of hydrogen-bond donors (Lipinski definition) is 2. The van der Waals surface area contributed by atoms with Gasteiger partial charge in [-0.25, -0.2) is 0 Å². The summed E-state index contributed by atoms with van der Waals surface area (Å²) in [7, 11) is 2.22. The molecule has 2 N–H and O–H groups in total. The predicted octanol–water partition coefficient (Wildman–Crippen LogP) is 1.93. The van der Waals surface area contributed by atoms with Crippen molar-refractivity contribution in [2.75, 3.05) is 85.7 Å². The SMILES string of the molecule is CCNC(=NCC(CC(C)C)N1CCOCC1)NCCCCN1CCN(C)CC1.I. The number of rotatable bonds is 11. The topological polar surface area (TPSA) is 55.4 Å². The number of unbranched alkanes of at least 4 members (excludes halogenated alkanes) is 1. The number of guanidine groups is 1. The van der Waals surface area contributed by atoms with Gasteiger partial charge in [0.25, 0.3) is 0 Å². The maximum atomic E-state index is 5.54. The van der Waals surface area contributed by atoms with E-state index < -0.39 is 0 Å². The average Bonchev–Trinajstić information content (AvgIpc) is 2.72. The lowest BCUT2D eigenvalue weighted by Gasteiger charge is -2.34. The van der Waals surface area contributed by atoms with E-state index in [2.05, 4.69) is 53.2 Å². The van der Waals surface area contributed by atoms with Crippen molar-refractivity contribution in [1.82, 2.24) is 25.3 Å². The Balaban J connectivity index is 0.00000450. The van der Waals surface area contributed by atoms with Crippen LogP contribution in [0.1, 0.15) is 40.0 Å². The number of ether oxygens (including phenoxy) is 1. The number of halogens is 1. The predicted molar refractivity (Wildman–Crippen MR) is 138 cm³/mol. The van der Waals surface area contributed by atoms with Crippen LogP contribution in [0.5, 0.6) is 0 Å². The number of piperazine rings is 1. The number of nitrogens with zero attached hydrogens (tertiary/aromatic N) is 4. The number of likely N-dealkylation sites (N-methyl/N-ethyl adjacent to an activating group) is 1. The molecule has 0 aromatic heterocycles. The molecule has 8 heteroatoms. The van der Waals surface area contributed by atoms with Crippen molar-refractivity contribution < 1.29 is 4.74 Å². The minimum absolute atomic E-state index is 0. The van der Waals surface area contributed by atoms with Crippen LogP contribution >= 0.6 is 24.0 Å². The molecule has 2 heterocycles. The Hall–Kier alpha value is -0.160. The second kappa shape index (κ2) is 16.5. The highest BCUT2D eigenvalue weighted by Crippen LogP contribution is 2.14. The maximum absolute atomic E-state index is 5.54. The van der Waals surface area contributed by atoms with E-state index in [1.807, 2.05) is 0 Å². The van der Waals surface area contributed by atoms with Crippen LogP contribution in [-0.2, 0) is 4.74 Å². The van der Waals surface area contributed by atoms with Crippen molar-refractivity contribution >= 4 is 29.9 Å². The Morgan fingerprint density at radius 3 is 2.33 bits per heavy atom. The van der Waals surface area contributed by atoms with Crippen LogP contribution in [0, 0.1) is 5.92 Å². The van der Waals surface area contributed by atoms with Gasteiger partial charge in [0.15, 0.2) is 5.96 Å². The second-order valence-corrected chi connectivity index (χ2v) is 8.93. The molecule has 0 aliphatic carbocycles. The van der Waals surface area contributed by atoms with Crippen molar-refractivity contribution in [3.8, 4) is 0 Å². The fraction of sp³-hybridized carbons (Fsp3) is 0.955. The Labute approximate surface area is 202 Å². The van der Waals surface area contributed by atoms with Gasteiger partial charge in [-0.2, -0.15) is 0 Å². The third-order valence-corrected chi connectivity index (χ3v) is 5.90. The highest BCUT2D eigenvalue weighted by atomic mass is 127. The monoisotopic (exact) mass is 538 g/mol. The zero-order valence-electron chi connectivity index (χ0n) is 19.9. The lowest BCUT2D eigenvalue weighted by molar-refractivity contribution is 0.0143. The molecule has 0 spiro atoms. The number of aliphatic imine (C=N–C) groups is 1. The van der Waals surface area contributed by atoms with E-state index >= 15 is 0 Å². The molecule has 178 valence electrons. The molecule has 1 atom stereocenters. The van der Waals surface area contributed by atoms with Gasteiger partial charge in [-0.15, -0.1) is 24.0 Å². The summed E-state index contributed by atoms with van der Waals surface area (Å²) in [4.78, 5) is 12.5. The van der Waals surface area contributed by atoms with Crippen LogP contribution in [0.3, 0.4) is 0 Å². The van der Waals surface area contributed by atoms with E-state index in [1.165, 1.54) is 52.0 Å². The zero-order chi connectivity index (χ0) is 20.9. The first-order chi connectivity index (χ1) is 14.1. The molecule has 7 nitrogen and oxygen atoms in total. The highest BCUT2D eigenvalue weighted by Gasteiger charge is 2.21. The normalized spacial score (nSPS) is 20.8. The summed E-state index contributed by atoms with van der Waals surface area (Å²) < 4.78 is 5.54. The molecule has 0 radical (unpaired) electrons. The molecule has 2 saturated heterocycles. The molecule has 0 amide bonds. The largest absolute Gasteiger partial charge is 0.379 e. The standard InChI is InChI=1S/C22H46N6O.HI/c1-5-23-22(24-8-6-7-9-27-12-10-26(4)11-13-27)25-19-21(18-20(2)3)28-14-16-29-17-15-28;/h20-21H,5-19H2,1-4H3,(H2,23,24,25);1H. The van der Waals surface area contributed by atoms with E-state index in [0.717, 1.165) is 51.9 Å². The minimum atomic E-state index is 0. The van der Waals surface area contributed by atoms with E-state index in [9.17, 15) is 0 Å². The van der Waals surface area contributed by atoms with Gasteiger partial charge < -0.3 is 25.2 Å². The molecule has 0 aromatic carbocycles. The first-order valence-electron chi connectivity index (χ1n) is 11.8. The molecule has 0 bridgehead atoms. The van der Waals surface area contributed by atoms with Crippen molar-refractivity contribution in [1.29, 1.82) is 0 Å². The van der Waals surface area contributed by atoms with Crippen molar-refractivity contribution in [2.45, 2.75) is 46.1 Å². The highest BCUT2D eigenvalue weighted by molar-refractivity contribution is 14.0. The molecule has 2 aliphatic rings. The Bertz CT molecular complexity index is 451. The quantitative estimate of drug-likeness (QED) is 0.182. The van der Waals surface area contributed by atoms with Crippen LogP contribution in [0.4, 0.5) is 0 Å². The molecular formula is C22H47IN6O. The first kappa shape index (κ1) is 27.9. The van der Waals surface area contributed by atoms with Gasteiger partial charge in [-0.1, -0.05) is 13.8 Å². The van der Waals surface area contributed by atoms with Crippen molar-refractivity contribution in [3.63, 3.8) is 0 Å². The molecule has 1 unspecified atom stereocenters. The molecule has 2 aliphatic heterocycles. The van der Waals surface area contributed by atoms with E-state index in [1.54, 1.807) is 0 Å². The van der Waals surface area contributed by atoms with Gasteiger partial charge in [0.05, 0.1) is 19.8 Å². The van der Waals surface area contributed by atoms with Gasteiger partial charge in [-0.05, 0) is 45.7 Å². The summed E-state index contributed by atoms with van der Waals surface area (Å²) in [6.45, 7) is 19.3. The number of nitrogens with one attached hydrogen (secondary N) is 2. The van der Waals surface area contributed by atoms with Crippen LogP contribution in [-0.4, -0.2) is 112 Å². The summed E-state index contributed by atoms with van der Waals surface area (Å²) >= 11 is 0. The van der Waals surface area contributed by atoms with Gasteiger partial charge >= 0.3 is 0 Å². The minimum Gasteiger partial charge on any atom is -0.379 e. The molecule has 2 rings (SSSR count). The maximum Gasteiger partial charge on any atom is 0.191 e. The van der Waals surface area contributed by atoms with Gasteiger partial charge in [0.2, 0.25) is 0 Å². The van der Waals surface area contributed by atoms with Gasteiger partial charge in [0.1, 0.15) is 0 Å². The fourth-order valence-electron chi connectivity index (χ4n) is 4.10. The van der Waals surface area contributed by atoms with E-state index in [4.69, 9.17) is 9.73 Å². The van der Waals surface area contributed by atoms with E-state index in [0.29, 0.717) is 12.0 Å². The lowest BCUT2D eigenvalue weighted by Crippen LogP contribution is -2.46. The van der Waals surface area contributed by atoms with Crippen LogP contribution in [0.15, 0.2) is 4.99 Å². The third-order valence-electron chi connectivity index (χ3n) is 5.90. The van der Waals surface area contributed by atoms with Gasteiger partial charge in [0, 0.05) is 58.4 Å². The van der Waals surface area contributed by atoms with Crippen molar-refractivity contribution in [2.24, 2.45) is 10.9 Å². The summed E-state index contributed by atoms with van der Waals surface area (Å²) in [5.41, 5.74) is 0. The Morgan fingerprint density at radius 2 is 1.70 bits per heavy atom. The van der Waals surface area contributed by atoms with Gasteiger partial charge in [-0.3, -0.25) is 9.89 Å². The third kappa shape index (κ3) is 11.5. The summed E-state index contributed by atoms with van der Waals surface area (Å²) in [5.74, 6) is 1.65. The first-order valence-corrected chi connectivity index (χ1v) is 11.8. The zero-order valence-corrected chi connectivity index (χ0v) is 22.2. The Morgan fingerprint density at radius 1 is 1.00 bits per heavy atom.